The Morgan fingerprint density at radius 2 is 1.65 bits per heavy atom. The Morgan fingerprint density at radius 3 is 2.38 bits per heavy atom. The molecule has 8 nitrogen and oxygen atoms in total. The number of carbonyl (C=O) groups excluding carboxylic acids is 2. The van der Waals surface area contributed by atoms with Gasteiger partial charge in [-0.05, 0) is 82.0 Å². The van der Waals surface area contributed by atoms with Crippen molar-refractivity contribution < 1.29 is 14.3 Å². The first-order chi connectivity index (χ1) is 17.8. The maximum absolute atomic E-state index is 12.3. The Labute approximate surface area is 216 Å². The summed E-state index contributed by atoms with van der Waals surface area (Å²) in [6.07, 6.45) is 4.53. The number of urea groups is 1. The summed E-state index contributed by atoms with van der Waals surface area (Å²) in [6, 6.07) is 20.5. The molecule has 0 saturated heterocycles. The summed E-state index contributed by atoms with van der Waals surface area (Å²) < 4.78 is 5.42. The molecule has 0 aliphatic rings. The van der Waals surface area contributed by atoms with Crippen molar-refractivity contribution in [3.63, 3.8) is 0 Å². The third-order valence-corrected chi connectivity index (χ3v) is 5.64. The van der Waals surface area contributed by atoms with Gasteiger partial charge >= 0.3 is 12.0 Å². The van der Waals surface area contributed by atoms with Crippen LogP contribution < -0.4 is 15.4 Å². The average Bonchev–Trinajstić information content (AvgIpc) is 2.88. The standard InChI is InChI=1S/C29H31N5O3/c1-29(2,3)27(35)37-22-14-12-21(13-15-22)24-19-31-23-16-17-25(33-26(23)32-24)34-28(36)30-18-8-7-11-20-9-5-4-6-10-20/h4-6,9-10,12-17,19H,7-8,11,18H2,1-3H3,(H2,30,32,33,34,36). The lowest BCUT2D eigenvalue weighted by molar-refractivity contribution is -0.143. The normalized spacial score (nSPS) is 11.2. The number of aromatic nitrogens is 3. The van der Waals surface area contributed by atoms with E-state index in [1.165, 1.54) is 5.56 Å². The Hall–Kier alpha value is -4.33. The van der Waals surface area contributed by atoms with Crippen molar-refractivity contribution in [1.82, 2.24) is 20.3 Å². The minimum atomic E-state index is -0.584. The SMILES string of the molecule is CC(C)(C)C(=O)Oc1ccc(-c2cnc3ccc(NC(=O)NCCCCc4ccccc4)nc3n2)cc1. The smallest absolute Gasteiger partial charge is 0.320 e. The van der Waals surface area contributed by atoms with Crippen LogP contribution in [0.25, 0.3) is 22.4 Å². The van der Waals surface area contributed by atoms with Gasteiger partial charge in [-0.25, -0.2) is 14.8 Å². The number of benzene rings is 2. The van der Waals surface area contributed by atoms with E-state index in [0.717, 1.165) is 24.8 Å². The van der Waals surface area contributed by atoms with Gasteiger partial charge in [-0.3, -0.25) is 15.1 Å². The quantitative estimate of drug-likeness (QED) is 0.181. The molecule has 2 N–H and O–H groups in total. The molecule has 4 rings (SSSR count). The Kier molecular flexibility index (Phi) is 8.08. The lowest BCUT2D eigenvalue weighted by atomic mass is 9.97. The predicted molar refractivity (Wildman–Crippen MR) is 144 cm³/mol. The highest BCUT2D eigenvalue weighted by atomic mass is 16.5. The van der Waals surface area contributed by atoms with Crippen LogP contribution in [0.1, 0.15) is 39.2 Å². The van der Waals surface area contributed by atoms with Gasteiger partial charge in [0.05, 0.1) is 17.3 Å². The van der Waals surface area contributed by atoms with Crippen LogP contribution in [0.4, 0.5) is 10.6 Å². The van der Waals surface area contributed by atoms with Gasteiger partial charge in [0.2, 0.25) is 0 Å². The van der Waals surface area contributed by atoms with Gasteiger partial charge in [0, 0.05) is 12.1 Å². The van der Waals surface area contributed by atoms with Gasteiger partial charge in [0.15, 0.2) is 5.65 Å². The van der Waals surface area contributed by atoms with Crippen molar-refractivity contribution in [2.75, 3.05) is 11.9 Å². The number of nitrogens with zero attached hydrogens (tertiary/aromatic N) is 3. The summed E-state index contributed by atoms with van der Waals surface area (Å²) in [4.78, 5) is 37.9. The van der Waals surface area contributed by atoms with Crippen LogP contribution in [0.15, 0.2) is 72.9 Å². The molecule has 0 fully saturated rings. The van der Waals surface area contributed by atoms with E-state index < -0.39 is 5.41 Å². The molecule has 0 unspecified atom stereocenters. The van der Waals surface area contributed by atoms with E-state index in [1.54, 1.807) is 51.2 Å². The van der Waals surface area contributed by atoms with Crippen LogP contribution in [-0.4, -0.2) is 33.5 Å². The zero-order valence-corrected chi connectivity index (χ0v) is 21.3. The first-order valence-corrected chi connectivity index (χ1v) is 12.3. The predicted octanol–water partition coefficient (Wildman–Crippen LogP) is 5.79. The fourth-order valence-corrected chi connectivity index (χ4v) is 3.52. The first-order valence-electron chi connectivity index (χ1n) is 12.3. The second-order valence-corrected chi connectivity index (χ2v) is 9.78. The van der Waals surface area contributed by atoms with Crippen LogP contribution in [0.5, 0.6) is 5.75 Å². The molecule has 2 heterocycles. The minimum Gasteiger partial charge on any atom is -0.426 e. The molecule has 0 atom stereocenters. The molecule has 37 heavy (non-hydrogen) atoms. The number of hydrogen-bond acceptors (Lipinski definition) is 6. The van der Waals surface area contributed by atoms with Crippen molar-refractivity contribution in [2.24, 2.45) is 5.41 Å². The zero-order chi connectivity index (χ0) is 26.3. The van der Waals surface area contributed by atoms with E-state index >= 15 is 0 Å². The third kappa shape index (κ3) is 7.33. The van der Waals surface area contributed by atoms with Crippen LogP contribution in [0.3, 0.4) is 0 Å². The lowest BCUT2D eigenvalue weighted by Crippen LogP contribution is -2.29. The highest BCUT2D eigenvalue weighted by Crippen LogP contribution is 2.24. The minimum absolute atomic E-state index is 0.300. The molecule has 8 heteroatoms. The molecule has 0 spiro atoms. The van der Waals surface area contributed by atoms with Gasteiger partial charge in [0.1, 0.15) is 17.1 Å². The summed E-state index contributed by atoms with van der Waals surface area (Å²) >= 11 is 0. The van der Waals surface area contributed by atoms with Crippen LogP contribution in [0.2, 0.25) is 0 Å². The number of esters is 1. The number of ether oxygens (including phenoxy) is 1. The van der Waals surface area contributed by atoms with Crippen molar-refractivity contribution in [2.45, 2.75) is 40.0 Å². The largest absolute Gasteiger partial charge is 0.426 e. The number of carbonyl (C=O) groups is 2. The number of anilines is 1. The van der Waals surface area contributed by atoms with Crippen molar-refractivity contribution in [3.05, 3.63) is 78.5 Å². The molecule has 0 saturated carbocycles. The van der Waals surface area contributed by atoms with Crippen LogP contribution >= 0.6 is 0 Å². The maximum atomic E-state index is 12.3. The summed E-state index contributed by atoms with van der Waals surface area (Å²) in [6.45, 7) is 6.00. The second-order valence-electron chi connectivity index (χ2n) is 9.78. The molecule has 0 radical (unpaired) electrons. The molecule has 0 bridgehead atoms. The van der Waals surface area contributed by atoms with Gasteiger partial charge in [-0.2, -0.15) is 0 Å². The van der Waals surface area contributed by atoms with Crippen molar-refractivity contribution >= 4 is 29.0 Å². The summed E-state index contributed by atoms with van der Waals surface area (Å²) in [7, 11) is 0. The molecule has 2 amide bonds. The lowest BCUT2D eigenvalue weighted by Gasteiger charge is -2.16. The fourth-order valence-electron chi connectivity index (χ4n) is 3.52. The Morgan fingerprint density at radius 1 is 0.892 bits per heavy atom. The number of unbranched alkanes of at least 4 members (excludes halogenated alkanes) is 1. The summed E-state index contributed by atoms with van der Waals surface area (Å²) in [5, 5.41) is 5.63. The number of rotatable bonds is 8. The van der Waals surface area contributed by atoms with Gasteiger partial charge in [-0.1, -0.05) is 30.3 Å². The molecule has 0 aliphatic heterocycles. The number of fused-ring (bicyclic) bond motifs is 1. The number of amides is 2. The second kappa shape index (κ2) is 11.6. The third-order valence-electron chi connectivity index (χ3n) is 5.64. The number of pyridine rings is 1. The van der Waals surface area contributed by atoms with E-state index in [2.05, 4.69) is 37.7 Å². The van der Waals surface area contributed by atoms with Crippen molar-refractivity contribution in [1.29, 1.82) is 0 Å². The Balaban J connectivity index is 1.33. The Bertz CT molecular complexity index is 1370. The summed E-state index contributed by atoms with van der Waals surface area (Å²) in [5.74, 6) is 0.560. The molecule has 4 aromatic rings. The van der Waals surface area contributed by atoms with Gasteiger partial charge in [-0.15, -0.1) is 0 Å². The van der Waals surface area contributed by atoms with Crippen LogP contribution in [0, 0.1) is 5.41 Å². The maximum Gasteiger partial charge on any atom is 0.320 e. The first kappa shape index (κ1) is 25.8. The van der Waals surface area contributed by atoms with Crippen molar-refractivity contribution in [3.8, 4) is 17.0 Å². The van der Waals surface area contributed by atoms with Gasteiger partial charge < -0.3 is 10.1 Å². The number of nitrogens with one attached hydrogen (secondary N) is 2. The number of hydrogen-bond donors (Lipinski definition) is 2. The van der Waals surface area contributed by atoms with E-state index in [4.69, 9.17) is 4.74 Å². The molecule has 2 aromatic carbocycles. The van der Waals surface area contributed by atoms with Crippen LogP contribution in [-0.2, 0) is 11.2 Å². The molecule has 0 aliphatic carbocycles. The molecular formula is C29H31N5O3. The summed E-state index contributed by atoms with van der Waals surface area (Å²) in [5.41, 5.74) is 3.17. The highest BCUT2D eigenvalue weighted by molar-refractivity contribution is 5.89. The van der Waals surface area contributed by atoms with E-state index in [0.29, 0.717) is 35.0 Å². The molecule has 2 aromatic heterocycles. The monoisotopic (exact) mass is 497 g/mol. The molecule has 190 valence electrons. The highest BCUT2D eigenvalue weighted by Gasteiger charge is 2.23. The van der Waals surface area contributed by atoms with Gasteiger partial charge in [0.25, 0.3) is 0 Å². The fraction of sp³-hybridized carbons (Fsp3) is 0.276. The average molecular weight is 498 g/mol. The zero-order valence-electron chi connectivity index (χ0n) is 21.3. The molecular weight excluding hydrogens is 466 g/mol. The number of aryl methyl sites for hydroxylation is 1. The topological polar surface area (TPSA) is 106 Å². The van der Waals surface area contributed by atoms with E-state index in [1.807, 2.05) is 30.3 Å². The van der Waals surface area contributed by atoms with E-state index in [9.17, 15) is 9.59 Å². The van der Waals surface area contributed by atoms with E-state index in [-0.39, 0.29) is 12.0 Å².